The molecule has 0 atom stereocenters. The second kappa shape index (κ2) is 9.98. The standard InChI is InChI=1S/C22H24N4O3S/c1-5-11-26-21(16-8-6-7-15(2)12-16)24-25-22(26)30-14-20(27)23-18-13-17(28-3)9-10-19(18)29-4/h5-10,12-13H,1,11,14H2,2-4H3,(H,23,27). The molecule has 3 aromatic rings. The SMILES string of the molecule is C=CCn1c(SCC(=O)Nc2cc(OC)ccc2OC)nnc1-c1cccc(C)c1. The monoisotopic (exact) mass is 424 g/mol. The number of thioether (sulfide) groups is 1. The Bertz CT molecular complexity index is 1050. The number of ether oxygens (including phenoxy) is 2. The van der Waals surface area contributed by atoms with Crippen LogP contribution in [0.2, 0.25) is 0 Å². The molecule has 1 amide bonds. The molecule has 8 heteroatoms. The first kappa shape index (κ1) is 21.4. The molecule has 0 bridgehead atoms. The molecule has 2 aromatic carbocycles. The molecule has 1 N–H and O–H groups in total. The number of rotatable bonds is 9. The van der Waals surface area contributed by atoms with Crippen LogP contribution in [0.4, 0.5) is 5.69 Å². The van der Waals surface area contributed by atoms with Crippen LogP contribution in [0.1, 0.15) is 5.56 Å². The third-order valence-corrected chi connectivity index (χ3v) is 5.28. The highest BCUT2D eigenvalue weighted by Gasteiger charge is 2.16. The average molecular weight is 425 g/mol. The van der Waals surface area contributed by atoms with E-state index in [0.717, 1.165) is 17.0 Å². The van der Waals surface area contributed by atoms with Crippen LogP contribution < -0.4 is 14.8 Å². The van der Waals surface area contributed by atoms with Crippen molar-refractivity contribution >= 4 is 23.4 Å². The molecule has 0 aliphatic carbocycles. The first-order chi connectivity index (χ1) is 14.5. The summed E-state index contributed by atoms with van der Waals surface area (Å²) in [5, 5.41) is 12.1. The number of hydrogen-bond donors (Lipinski definition) is 1. The van der Waals surface area contributed by atoms with Crippen molar-refractivity contribution in [3.05, 3.63) is 60.7 Å². The first-order valence-electron chi connectivity index (χ1n) is 9.31. The van der Waals surface area contributed by atoms with Gasteiger partial charge in [0.1, 0.15) is 11.5 Å². The maximum Gasteiger partial charge on any atom is 0.234 e. The van der Waals surface area contributed by atoms with Crippen LogP contribution in [-0.4, -0.2) is 40.6 Å². The van der Waals surface area contributed by atoms with Crippen molar-refractivity contribution in [2.24, 2.45) is 0 Å². The van der Waals surface area contributed by atoms with E-state index in [4.69, 9.17) is 9.47 Å². The molecule has 3 rings (SSSR count). The van der Waals surface area contributed by atoms with Gasteiger partial charge < -0.3 is 14.8 Å². The number of amides is 1. The number of carbonyl (C=O) groups excluding carboxylic acids is 1. The third-order valence-electron chi connectivity index (χ3n) is 4.32. The molecule has 156 valence electrons. The zero-order valence-corrected chi connectivity index (χ0v) is 18.0. The highest BCUT2D eigenvalue weighted by molar-refractivity contribution is 7.99. The minimum absolute atomic E-state index is 0.170. The number of nitrogens with one attached hydrogen (secondary N) is 1. The molecule has 0 unspecified atom stereocenters. The molecule has 7 nitrogen and oxygen atoms in total. The van der Waals surface area contributed by atoms with Gasteiger partial charge >= 0.3 is 0 Å². The summed E-state index contributed by atoms with van der Waals surface area (Å²) in [6, 6.07) is 13.3. The minimum Gasteiger partial charge on any atom is -0.497 e. The van der Waals surface area contributed by atoms with Crippen molar-refractivity contribution in [1.29, 1.82) is 0 Å². The van der Waals surface area contributed by atoms with Crippen LogP contribution in [-0.2, 0) is 11.3 Å². The van der Waals surface area contributed by atoms with Crippen LogP contribution >= 0.6 is 11.8 Å². The highest BCUT2D eigenvalue weighted by Crippen LogP contribution is 2.30. The number of hydrogen-bond acceptors (Lipinski definition) is 6. The van der Waals surface area contributed by atoms with Crippen LogP contribution in [0.15, 0.2) is 60.3 Å². The smallest absolute Gasteiger partial charge is 0.234 e. The second-order valence-corrected chi connectivity index (χ2v) is 7.42. The van der Waals surface area contributed by atoms with Gasteiger partial charge in [0.05, 0.1) is 25.7 Å². The number of allylic oxidation sites excluding steroid dienone is 1. The van der Waals surface area contributed by atoms with Gasteiger partial charge in [-0.3, -0.25) is 9.36 Å². The van der Waals surface area contributed by atoms with Crippen LogP contribution in [0, 0.1) is 6.92 Å². The molecule has 0 spiro atoms. The molecule has 0 radical (unpaired) electrons. The summed E-state index contributed by atoms with van der Waals surface area (Å²) >= 11 is 1.31. The lowest BCUT2D eigenvalue weighted by Crippen LogP contribution is -2.15. The summed E-state index contributed by atoms with van der Waals surface area (Å²) in [6.45, 7) is 6.40. The van der Waals surface area contributed by atoms with Crippen molar-refractivity contribution in [2.45, 2.75) is 18.6 Å². The van der Waals surface area contributed by atoms with Crippen LogP contribution in [0.5, 0.6) is 11.5 Å². The molecule has 1 heterocycles. The number of anilines is 1. The van der Waals surface area contributed by atoms with E-state index < -0.39 is 0 Å². The molecule has 0 saturated heterocycles. The fourth-order valence-corrected chi connectivity index (χ4v) is 3.66. The van der Waals surface area contributed by atoms with E-state index >= 15 is 0 Å². The van der Waals surface area contributed by atoms with E-state index in [1.54, 1.807) is 38.5 Å². The van der Waals surface area contributed by atoms with Crippen molar-refractivity contribution in [3.63, 3.8) is 0 Å². The Kier molecular flexibility index (Phi) is 7.13. The lowest BCUT2D eigenvalue weighted by molar-refractivity contribution is -0.113. The fourth-order valence-electron chi connectivity index (χ4n) is 2.92. The largest absolute Gasteiger partial charge is 0.497 e. The lowest BCUT2D eigenvalue weighted by atomic mass is 10.1. The Morgan fingerprint density at radius 2 is 2.03 bits per heavy atom. The predicted molar refractivity (Wildman–Crippen MR) is 119 cm³/mol. The predicted octanol–water partition coefficient (Wildman–Crippen LogP) is 4.19. The molecule has 0 saturated carbocycles. The van der Waals surface area contributed by atoms with Gasteiger partial charge in [0, 0.05) is 18.2 Å². The number of aryl methyl sites for hydroxylation is 1. The van der Waals surface area contributed by atoms with Gasteiger partial charge in [0.25, 0.3) is 0 Å². The molecule has 0 fully saturated rings. The zero-order valence-electron chi connectivity index (χ0n) is 17.2. The zero-order chi connectivity index (χ0) is 21.5. The number of nitrogens with zero attached hydrogens (tertiary/aromatic N) is 3. The second-order valence-electron chi connectivity index (χ2n) is 6.48. The Morgan fingerprint density at radius 3 is 2.73 bits per heavy atom. The van der Waals surface area contributed by atoms with E-state index in [-0.39, 0.29) is 11.7 Å². The summed E-state index contributed by atoms with van der Waals surface area (Å²) in [5.74, 6) is 1.93. The Hall–Kier alpha value is -3.26. The van der Waals surface area contributed by atoms with Gasteiger partial charge in [-0.1, -0.05) is 41.6 Å². The maximum atomic E-state index is 12.5. The summed E-state index contributed by atoms with van der Waals surface area (Å²) in [6.07, 6.45) is 1.79. The van der Waals surface area contributed by atoms with E-state index in [0.29, 0.717) is 28.9 Å². The molecule has 0 aliphatic rings. The Morgan fingerprint density at radius 1 is 1.20 bits per heavy atom. The summed E-state index contributed by atoms with van der Waals surface area (Å²) in [7, 11) is 3.12. The van der Waals surface area contributed by atoms with Gasteiger partial charge in [0.2, 0.25) is 5.91 Å². The van der Waals surface area contributed by atoms with Gasteiger partial charge in [-0.15, -0.1) is 16.8 Å². The quantitative estimate of drug-likeness (QED) is 0.410. The molecule has 0 aliphatic heterocycles. The molecular formula is C22H24N4O3S. The number of benzene rings is 2. The van der Waals surface area contributed by atoms with E-state index in [9.17, 15) is 4.79 Å². The van der Waals surface area contributed by atoms with E-state index in [1.165, 1.54) is 11.8 Å². The molecule has 30 heavy (non-hydrogen) atoms. The topological polar surface area (TPSA) is 78.3 Å². The number of aromatic nitrogens is 3. The lowest BCUT2D eigenvalue weighted by Gasteiger charge is -2.12. The van der Waals surface area contributed by atoms with E-state index in [1.807, 2.05) is 29.7 Å². The van der Waals surface area contributed by atoms with E-state index in [2.05, 4.69) is 28.2 Å². The summed E-state index contributed by atoms with van der Waals surface area (Å²) < 4.78 is 12.5. The van der Waals surface area contributed by atoms with Crippen LogP contribution in [0.3, 0.4) is 0 Å². The molecular weight excluding hydrogens is 400 g/mol. The average Bonchev–Trinajstić information content (AvgIpc) is 3.15. The van der Waals surface area contributed by atoms with Gasteiger partial charge in [0.15, 0.2) is 11.0 Å². The van der Waals surface area contributed by atoms with Crippen LogP contribution in [0.25, 0.3) is 11.4 Å². The minimum atomic E-state index is -0.184. The maximum absolute atomic E-state index is 12.5. The Balaban J connectivity index is 1.74. The van der Waals surface area contributed by atoms with Gasteiger partial charge in [-0.25, -0.2) is 0 Å². The first-order valence-corrected chi connectivity index (χ1v) is 10.3. The molecule has 1 aromatic heterocycles. The number of methoxy groups -OCH3 is 2. The Labute approximate surface area is 180 Å². The normalized spacial score (nSPS) is 10.5. The van der Waals surface area contributed by atoms with Gasteiger partial charge in [-0.2, -0.15) is 0 Å². The van der Waals surface area contributed by atoms with Gasteiger partial charge in [-0.05, 0) is 25.1 Å². The highest BCUT2D eigenvalue weighted by atomic mass is 32.2. The van der Waals surface area contributed by atoms with Crippen molar-refractivity contribution < 1.29 is 14.3 Å². The fraction of sp³-hybridized carbons (Fsp3) is 0.227. The summed E-state index contributed by atoms with van der Waals surface area (Å²) in [4.78, 5) is 12.5. The van der Waals surface area contributed by atoms with Crippen molar-refractivity contribution in [2.75, 3.05) is 25.3 Å². The van der Waals surface area contributed by atoms with Crippen molar-refractivity contribution in [3.8, 4) is 22.9 Å². The summed E-state index contributed by atoms with van der Waals surface area (Å²) in [5.41, 5.74) is 2.67. The third kappa shape index (κ3) is 5.01. The number of carbonyl (C=O) groups is 1. The van der Waals surface area contributed by atoms with Crippen molar-refractivity contribution in [1.82, 2.24) is 14.8 Å².